The van der Waals surface area contributed by atoms with Gasteiger partial charge in [0.05, 0.1) is 6.61 Å². The molecule has 0 aromatic rings. The van der Waals surface area contributed by atoms with Crippen LogP contribution in [0.4, 0.5) is 0 Å². The second kappa shape index (κ2) is 3.02. The Balaban J connectivity index is 2.48. The van der Waals surface area contributed by atoms with E-state index >= 15 is 0 Å². The Hall–Kier alpha value is -0.870. The molecule has 0 saturated carbocycles. The minimum Gasteiger partial charge on any atom is -0.509 e. The zero-order chi connectivity index (χ0) is 8.43. The molecule has 0 bridgehead atoms. The van der Waals surface area contributed by atoms with Gasteiger partial charge in [0, 0.05) is 6.08 Å². The molecule has 11 heavy (non-hydrogen) atoms. The first-order chi connectivity index (χ1) is 5.11. The molecule has 1 rings (SSSR count). The van der Waals surface area contributed by atoms with Gasteiger partial charge in [0.15, 0.2) is 5.78 Å². The Kier molecular flexibility index (Phi) is 2.26. The lowest BCUT2D eigenvalue weighted by atomic mass is 10.2. The van der Waals surface area contributed by atoms with E-state index in [1.54, 1.807) is 0 Å². The molecule has 0 spiro atoms. The van der Waals surface area contributed by atoms with Gasteiger partial charge in [-0.25, -0.2) is 0 Å². The molecule has 1 aliphatic heterocycles. The molecule has 1 aliphatic rings. The molecule has 2 N–H and O–H groups in total. The minimum absolute atomic E-state index is 0.101. The van der Waals surface area contributed by atoms with Gasteiger partial charge in [-0.05, 0) is 6.92 Å². The highest BCUT2D eigenvalue weighted by Crippen LogP contribution is 2.16. The second-order valence-corrected chi connectivity index (χ2v) is 2.47. The highest BCUT2D eigenvalue weighted by Gasteiger charge is 2.28. The van der Waals surface area contributed by atoms with Crippen LogP contribution in [-0.4, -0.2) is 34.8 Å². The lowest BCUT2D eigenvalue weighted by Crippen LogP contribution is -2.14. The summed E-state index contributed by atoms with van der Waals surface area (Å²) in [7, 11) is 0. The molecule has 62 valence electrons. The van der Waals surface area contributed by atoms with Crippen molar-refractivity contribution in [1.29, 1.82) is 0 Å². The summed E-state index contributed by atoms with van der Waals surface area (Å²) in [5, 5.41) is 17.7. The molecule has 1 heterocycles. The summed E-state index contributed by atoms with van der Waals surface area (Å²) in [5.41, 5.74) is 0. The summed E-state index contributed by atoms with van der Waals surface area (Å²) >= 11 is 0. The van der Waals surface area contributed by atoms with Crippen LogP contribution in [0.3, 0.4) is 0 Å². The molecule has 0 aliphatic carbocycles. The van der Waals surface area contributed by atoms with Crippen molar-refractivity contribution in [2.24, 2.45) is 0 Å². The van der Waals surface area contributed by atoms with Gasteiger partial charge in [-0.15, -0.1) is 0 Å². The van der Waals surface area contributed by atoms with Crippen LogP contribution in [0.1, 0.15) is 6.92 Å². The first-order valence-corrected chi connectivity index (χ1v) is 3.35. The van der Waals surface area contributed by atoms with Crippen LogP contribution in [0.15, 0.2) is 11.8 Å². The molecule has 1 saturated heterocycles. The van der Waals surface area contributed by atoms with Crippen molar-refractivity contribution in [3.63, 3.8) is 0 Å². The Labute approximate surface area is 64.1 Å². The number of carbonyl (C=O) groups excluding carboxylic acids is 1. The molecule has 0 aromatic carbocycles. The van der Waals surface area contributed by atoms with Crippen molar-refractivity contribution in [1.82, 2.24) is 0 Å². The molecule has 2 atom stereocenters. The third-order valence-corrected chi connectivity index (χ3v) is 1.37. The number of ketones is 1. The van der Waals surface area contributed by atoms with E-state index in [1.165, 1.54) is 6.92 Å². The SMILES string of the molecule is CC(O)C(=O)/C=C(\O)C1CO1. The quantitative estimate of drug-likeness (QED) is 0.338. The third kappa shape index (κ3) is 2.32. The van der Waals surface area contributed by atoms with Crippen LogP contribution >= 0.6 is 0 Å². The van der Waals surface area contributed by atoms with Gasteiger partial charge in [0.25, 0.3) is 0 Å². The summed E-state index contributed by atoms with van der Waals surface area (Å²) in [6.07, 6.45) is -0.379. The van der Waals surface area contributed by atoms with E-state index in [1.807, 2.05) is 0 Å². The van der Waals surface area contributed by atoms with Gasteiger partial charge >= 0.3 is 0 Å². The number of hydrogen-bond donors (Lipinski definition) is 2. The Morgan fingerprint density at radius 2 is 2.36 bits per heavy atom. The Bertz CT molecular complexity index is 191. The summed E-state index contributed by atoms with van der Waals surface area (Å²) in [6, 6.07) is 0. The van der Waals surface area contributed by atoms with E-state index in [9.17, 15) is 4.79 Å². The van der Waals surface area contributed by atoms with Crippen molar-refractivity contribution in [2.45, 2.75) is 19.1 Å². The fourth-order valence-corrected chi connectivity index (χ4v) is 0.578. The zero-order valence-electron chi connectivity index (χ0n) is 6.15. The highest BCUT2D eigenvalue weighted by molar-refractivity contribution is 5.93. The molecule has 2 unspecified atom stereocenters. The van der Waals surface area contributed by atoms with E-state index in [4.69, 9.17) is 14.9 Å². The van der Waals surface area contributed by atoms with E-state index in [-0.39, 0.29) is 11.9 Å². The zero-order valence-corrected chi connectivity index (χ0v) is 6.15. The first-order valence-electron chi connectivity index (χ1n) is 3.35. The van der Waals surface area contributed by atoms with Gasteiger partial charge < -0.3 is 14.9 Å². The number of epoxide rings is 1. The van der Waals surface area contributed by atoms with Crippen LogP contribution in [0, 0.1) is 0 Å². The summed E-state index contributed by atoms with van der Waals surface area (Å²) in [4.78, 5) is 10.7. The first kappa shape index (κ1) is 8.23. The number of hydrogen-bond acceptors (Lipinski definition) is 4. The van der Waals surface area contributed by atoms with Crippen LogP contribution in [-0.2, 0) is 9.53 Å². The summed E-state index contributed by atoms with van der Waals surface area (Å²) in [5.74, 6) is -0.603. The fraction of sp³-hybridized carbons (Fsp3) is 0.571. The third-order valence-electron chi connectivity index (χ3n) is 1.37. The average molecular weight is 158 g/mol. The fourth-order valence-electron chi connectivity index (χ4n) is 0.578. The summed E-state index contributed by atoms with van der Waals surface area (Å²) < 4.78 is 4.70. The lowest BCUT2D eigenvalue weighted by Gasteiger charge is -1.97. The maximum Gasteiger partial charge on any atom is 0.187 e. The monoisotopic (exact) mass is 158 g/mol. The van der Waals surface area contributed by atoms with Gasteiger partial charge in [0.2, 0.25) is 0 Å². The van der Waals surface area contributed by atoms with Gasteiger partial charge in [0.1, 0.15) is 18.0 Å². The van der Waals surface area contributed by atoms with Crippen LogP contribution < -0.4 is 0 Å². The number of rotatable bonds is 3. The second-order valence-electron chi connectivity index (χ2n) is 2.47. The lowest BCUT2D eigenvalue weighted by molar-refractivity contribution is -0.121. The smallest absolute Gasteiger partial charge is 0.187 e. The molecule has 0 aromatic heterocycles. The van der Waals surface area contributed by atoms with Crippen molar-refractivity contribution >= 4 is 5.78 Å². The van der Waals surface area contributed by atoms with Gasteiger partial charge in [-0.2, -0.15) is 0 Å². The van der Waals surface area contributed by atoms with E-state index in [2.05, 4.69) is 0 Å². The van der Waals surface area contributed by atoms with Crippen LogP contribution in [0.5, 0.6) is 0 Å². The average Bonchev–Trinajstić information content (AvgIpc) is 2.67. The molecule has 4 heteroatoms. The number of aliphatic hydroxyl groups excluding tert-OH is 2. The van der Waals surface area contributed by atoms with Crippen molar-refractivity contribution in [2.75, 3.05) is 6.61 Å². The topological polar surface area (TPSA) is 70.1 Å². The van der Waals surface area contributed by atoms with Crippen molar-refractivity contribution in [3.8, 4) is 0 Å². The molecular formula is C7H10O4. The predicted molar refractivity (Wildman–Crippen MR) is 37.1 cm³/mol. The number of carbonyl (C=O) groups is 1. The maximum absolute atomic E-state index is 10.7. The maximum atomic E-state index is 10.7. The Morgan fingerprint density at radius 3 is 2.73 bits per heavy atom. The predicted octanol–water partition coefficient (Wildman–Crippen LogP) is -0.223. The normalized spacial score (nSPS) is 26.4. The minimum atomic E-state index is -1.06. The van der Waals surface area contributed by atoms with Crippen LogP contribution in [0.2, 0.25) is 0 Å². The van der Waals surface area contributed by atoms with Crippen LogP contribution in [0.25, 0.3) is 0 Å². The molecular weight excluding hydrogens is 148 g/mol. The largest absolute Gasteiger partial charge is 0.509 e. The van der Waals surface area contributed by atoms with E-state index < -0.39 is 11.9 Å². The van der Waals surface area contributed by atoms with Crippen molar-refractivity contribution in [3.05, 3.63) is 11.8 Å². The molecule has 4 nitrogen and oxygen atoms in total. The van der Waals surface area contributed by atoms with E-state index in [0.717, 1.165) is 6.08 Å². The molecule has 0 radical (unpaired) electrons. The van der Waals surface area contributed by atoms with Gasteiger partial charge in [-0.3, -0.25) is 4.79 Å². The number of ether oxygens (including phenoxy) is 1. The molecule has 1 fully saturated rings. The Morgan fingerprint density at radius 1 is 1.82 bits per heavy atom. The standard InChI is InChI=1S/C7H10O4/c1-4(8)5(9)2-6(10)7-3-11-7/h2,4,7-8,10H,3H2,1H3/b6-2-. The van der Waals surface area contributed by atoms with Crippen molar-refractivity contribution < 1.29 is 19.7 Å². The van der Waals surface area contributed by atoms with E-state index in [0.29, 0.717) is 6.61 Å². The molecule has 0 amide bonds. The highest BCUT2D eigenvalue weighted by atomic mass is 16.6. The number of aliphatic hydroxyl groups is 2. The summed E-state index contributed by atoms with van der Waals surface area (Å²) in [6.45, 7) is 1.80. The van der Waals surface area contributed by atoms with Gasteiger partial charge in [-0.1, -0.05) is 0 Å².